The first-order chi connectivity index (χ1) is 12.3. The summed E-state index contributed by atoms with van der Waals surface area (Å²) in [5.74, 6) is 1.51. The van der Waals surface area contributed by atoms with Crippen LogP contribution in [0, 0.1) is 0 Å². The summed E-state index contributed by atoms with van der Waals surface area (Å²) in [5, 5.41) is 3.04. The number of para-hydroxylation sites is 1. The molecule has 25 heavy (non-hydrogen) atoms. The SMILES string of the molecule is O=C(NCc1cccc2c1OCCCO2)N1CCC[C@@H]1c1ccc[nH]1. The number of hydrogen-bond donors (Lipinski definition) is 2. The number of urea groups is 1. The molecule has 1 fully saturated rings. The Bertz CT molecular complexity index is 730. The zero-order valence-electron chi connectivity index (χ0n) is 14.2. The fourth-order valence-corrected chi connectivity index (χ4v) is 3.55. The lowest BCUT2D eigenvalue weighted by Crippen LogP contribution is -2.39. The van der Waals surface area contributed by atoms with Crippen LogP contribution in [0.3, 0.4) is 0 Å². The number of hydrogen-bond acceptors (Lipinski definition) is 3. The highest BCUT2D eigenvalue weighted by atomic mass is 16.5. The minimum atomic E-state index is -0.0377. The fraction of sp³-hybridized carbons (Fsp3) is 0.421. The molecule has 0 bridgehead atoms. The lowest BCUT2D eigenvalue weighted by atomic mass is 10.1. The number of likely N-dealkylation sites (tertiary alicyclic amines) is 1. The van der Waals surface area contributed by atoms with Crippen molar-refractivity contribution >= 4 is 6.03 Å². The quantitative estimate of drug-likeness (QED) is 0.901. The van der Waals surface area contributed by atoms with Crippen molar-refractivity contribution in [3.8, 4) is 11.5 Å². The molecule has 4 rings (SSSR count). The Labute approximate surface area is 147 Å². The molecule has 6 heteroatoms. The van der Waals surface area contributed by atoms with E-state index in [4.69, 9.17) is 9.47 Å². The van der Waals surface area contributed by atoms with Gasteiger partial charge in [0.05, 0.1) is 19.3 Å². The number of benzene rings is 1. The van der Waals surface area contributed by atoms with Crippen LogP contribution in [0.5, 0.6) is 11.5 Å². The molecule has 2 N–H and O–H groups in total. The average molecular weight is 341 g/mol. The molecule has 1 saturated heterocycles. The van der Waals surface area contributed by atoms with E-state index in [9.17, 15) is 4.79 Å². The Morgan fingerprint density at radius 3 is 3.00 bits per heavy atom. The number of carbonyl (C=O) groups is 1. The molecule has 1 aromatic carbocycles. The van der Waals surface area contributed by atoms with Gasteiger partial charge in [-0.1, -0.05) is 12.1 Å². The van der Waals surface area contributed by atoms with Crippen LogP contribution in [-0.2, 0) is 6.54 Å². The molecule has 2 amide bonds. The second-order valence-corrected chi connectivity index (χ2v) is 6.43. The van der Waals surface area contributed by atoms with Crippen LogP contribution in [0.2, 0.25) is 0 Å². The molecule has 2 aromatic rings. The third kappa shape index (κ3) is 3.29. The van der Waals surface area contributed by atoms with E-state index in [2.05, 4.69) is 10.3 Å². The lowest BCUT2D eigenvalue weighted by molar-refractivity contribution is 0.191. The molecule has 0 aliphatic carbocycles. The molecule has 0 unspecified atom stereocenters. The Hall–Kier alpha value is -2.63. The van der Waals surface area contributed by atoms with Gasteiger partial charge in [0.15, 0.2) is 11.5 Å². The summed E-state index contributed by atoms with van der Waals surface area (Å²) in [6.07, 6.45) is 4.78. The molecule has 3 heterocycles. The number of H-pyrrole nitrogens is 1. The third-order valence-corrected chi connectivity index (χ3v) is 4.78. The summed E-state index contributed by atoms with van der Waals surface area (Å²) in [6.45, 7) is 2.51. The Morgan fingerprint density at radius 2 is 2.12 bits per heavy atom. The van der Waals surface area contributed by atoms with E-state index >= 15 is 0 Å². The number of amides is 2. The van der Waals surface area contributed by atoms with Gasteiger partial charge in [-0.15, -0.1) is 0 Å². The Balaban J connectivity index is 1.44. The number of nitrogens with one attached hydrogen (secondary N) is 2. The molecule has 2 aliphatic heterocycles. The minimum absolute atomic E-state index is 0.0377. The Morgan fingerprint density at radius 1 is 1.20 bits per heavy atom. The lowest BCUT2D eigenvalue weighted by Gasteiger charge is -2.24. The number of aromatic amines is 1. The molecule has 132 valence electrons. The zero-order valence-corrected chi connectivity index (χ0v) is 14.2. The maximum Gasteiger partial charge on any atom is 0.318 e. The first-order valence-electron chi connectivity index (χ1n) is 8.88. The number of nitrogens with zero attached hydrogens (tertiary/aromatic N) is 1. The molecular formula is C19H23N3O3. The number of aromatic nitrogens is 1. The summed E-state index contributed by atoms with van der Waals surface area (Å²) in [6, 6.07) is 9.92. The number of carbonyl (C=O) groups excluding carboxylic acids is 1. The van der Waals surface area contributed by atoms with E-state index in [1.165, 1.54) is 0 Å². The number of fused-ring (bicyclic) bond motifs is 1. The van der Waals surface area contributed by atoms with Crippen molar-refractivity contribution in [1.29, 1.82) is 0 Å². The number of ether oxygens (including phenoxy) is 2. The van der Waals surface area contributed by atoms with Crippen molar-refractivity contribution in [2.45, 2.75) is 31.8 Å². The van der Waals surface area contributed by atoms with Gasteiger partial charge in [0, 0.05) is 37.0 Å². The van der Waals surface area contributed by atoms with Crippen LogP contribution in [0.25, 0.3) is 0 Å². The zero-order chi connectivity index (χ0) is 17.1. The summed E-state index contributed by atoms with van der Waals surface area (Å²) < 4.78 is 11.5. The standard InChI is InChI=1S/C19H23N3O3/c23-19(22-10-3-7-16(22)15-6-2-9-20-15)21-13-14-5-1-8-17-18(14)25-12-4-11-24-17/h1-2,5-6,8-9,16,20H,3-4,7,10-13H2,(H,21,23)/t16-/m1/s1. The highest BCUT2D eigenvalue weighted by molar-refractivity contribution is 5.75. The second-order valence-electron chi connectivity index (χ2n) is 6.43. The van der Waals surface area contributed by atoms with Crippen molar-refractivity contribution in [1.82, 2.24) is 15.2 Å². The largest absolute Gasteiger partial charge is 0.490 e. The van der Waals surface area contributed by atoms with Crippen molar-refractivity contribution < 1.29 is 14.3 Å². The van der Waals surface area contributed by atoms with Crippen LogP contribution in [0.15, 0.2) is 36.5 Å². The van der Waals surface area contributed by atoms with E-state index in [0.717, 1.165) is 48.6 Å². The van der Waals surface area contributed by atoms with Gasteiger partial charge in [0.2, 0.25) is 0 Å². The molecule has 0 radical (unpaired) electrons. The highest BCUT2D eigenvalue weighted by Crippen LogP contribution is 2.34. The van der Waals surface area contributed by atoms with Gasteiger partial charge in [-0.25, -0.2) is 4.79 Å². The molecule has 1 atom stereocenters. The van der Waals surface area contributed by atoms with E-state index < -0.39 is 0 Å². The van der Waals surface area contributed by atoms with E-state index in [1.807, 2.05) is 41.4 Å². The van der Waals surface area contributed by atoms with Crippen molar-refractivity contribution in [2.24, 2.45) is 0 Å². The van der Waals surface area contributed by atoms with E-state index in [0.29, 0.717) is 19.8 Å². The van der Waals surface area contributed by atoms with Crippen LogP contribution < -0.4 is 14.8 Å². The van der Waals surface area contributed by atoms with E-state index in [1.54, 1.807) is 0 Å². The molecule has 6 nitrogen and oxygen atoms in total. The first-order valence-corrected chi connectivity index (χ1v) is 8.88. The fourth-order valence-electron chi connectivity index (χ4n) is 3.55. The van der Waals surface area contributed by atoms with Gasteiger partial charge in [0.25, 0.3) is 0 Å². The van der Waals surface area contributed by atoms with Gasteiger partial charge in [-0.2, -0.15) is 0 Å². The molecule has 2 aliphatic rings. The topological polar surface area (TPSA) is 66.6 Å². The van der Waals surface area contributed by atoms with Crippen molar-refractivity contribution in [2.75, 3.05) is 19.8 Å². The predicted octanol–water partition coefficient (Wildman–Crippen LogP) is 3.22. The van der Waals surface area contributed by atoms with Gasteiger partial charge in [-0.3, -0.25) is 0 Å². The summed E-state index contributed by atoms with van der Waals surface area (Å²) in [7, 11) is 0. The van der Waals surface area contributed by atoms with Gasteiger partial charge >= 0.3 is 6.03 Å². The minimum Gasteiger partial charge on any atom is -0.490 e. The summed E-state index contributed by atoms with van der Waals surface area (Å²) in [4.78, 5) is 17.8. The van der Waals surface area contributed by atoms with Crippen LogP contribution >= 0.6 is 0 Å². The van der Waals surface area contributed by atoms with Gasteiger partial charge in [-0.05, 0) is 31.0 Å². The molecule has 0 saturated carbocycles. The van der Waals surface area contributed by atoms with Gasteiger partial charge < -0.3 is 24.7 Å². The van der Waals surface area contributed by atoms with Crippen molar-refractivity contribution in [3.63, 3.8) is 0 Å². The molecule has 1 aromatic heterocycles. The smallest absolute Gasteiger partial charge is 0.318 e. The van der Waals surface area contributed by atoms with Crippen molar-refractivity contribution in [3.05, 3.63) is 47.8 Å². The normalized spacial score (nSPS) is 19.5. The third-order valence-electron chi connectivity index (χ3n) is 4.78. The molecule has 0 spiro atoms. The highest BCUT2D eigenvalue weighted by Gasteiger charge is 2.30. The van der Waals surface area contributed by atoms with E-state index in [-0.39, 0.29) is 12.1 Å². The summed E-state index contributed by atoms with van der Waals surface area (Å²) >= 11 is 0. The predicted molar refractivity (Wildman–Crippen MR) is 93.8 cm³/mol. The van der Waals surface area contributed by atoms with Crippen LogP contribution in [0.1, 0.15) is 36.6 Å². The second kappa shape index (κ2) is 7.09. The van der Waals surface area contributed by atoms with Gasteiger partial charge in [0.1, 0.15) is 0 Å². The average Bonchev–Trinajstić information content (AvgIpc) is 3.26. The maximum absolute atomic E-state index is 12.7. The monoisotopic (exact) mass is 341 g/mol. The van der Waals surface area contributed by atoms with Crippen LogP contribution in [-0.4, -0.2) is 35.7 Å². The first kappa shape index (κ1) is 15.9. The number of rotatable bonds is 3. The Kier molecular flexibility index (Phi) is 4.50. The maximum atomic E-state index is 12.7. The van der Waals surface area contributed by atoms with Crippen LogP contribution in [0.4, 0.5) is 4.79 Å². The summed E-state index contributed by atoms with van der Waals surface area (Å²) in [5.41, 5.74) is 2.04. The molecular weight excluding hydrogens is 318 g/mol.